The van der Waals surface area contributed by atoms with Gasteiger partial charge in [-0.2, -0.15) is 0 Å². The predicted octanol–water partition coefficient (Wildman–Crippen LogP) is 12.6. The van der Waals surface area contributed by atoms with Crippen LogP contribution in [0.4, 0.5) is 0 Å². The molecule has 1 heteroatoms. The van der Waals surface area contributed by atoms with Crippen LogP contribution in [-0.2, 0) is 0 Å². The van der Waals surface area contributed by atoms with Crippen LogP contribution in [0.15, 0.2) is 174 Å². The maximum Gasteiger partial charge on any atom is 0.143 e. The van der Waals surface area contributed by atoms with Crippen molar-refractivity contribution in [2.24, 2.45) is 0 Å². The molecule has 0 amide bonds. The fourth-order valence-electron chi connectivity index (χ4n) is 6.79. The Hall–Kier alpha value is -5.92. The van der Waals surface area contributed by atoms with E-state index in [0.717, 1.165) is 54.6 Å². The molecule has 1 heterocycles. The summed E-state index contributed by atoms with van der Waals surface area (Å²) in [5, 5.41) is 5.55. The molecule has 1 aromatic heterocycles. The molecule has 0 saturated heterocycles. The first kappa shape index (κ1) is 21.7. The topological polar surface area (TPSA) is 13.1 Å². The first-order valence-corrected chi connectivity index (χ1v) is 15.1. The third-order valence-electron chi connectivity index (χ3n) is 8.75. The summed E-state index contributed by atoms with van der Waals surface area (Å²) in [4.78, 5) is 0. The number of furan rings is 1. The smallest absolute Gasteiger partial charge is 0.143 e. The van der Waals surface area contributed by atoms with Crippen molar-refractivity contribution in [3.8, 4) is 44.5 Å². The quantitative estimate of drug-likeness (QED) is 0.190. The lowest BCUT2D eigenvalue weighted by Crippen LogP contribution is -1.90. The SMILES string of the molecule is [2H]c1c([2H])c(-c2cccc3c2oc2cccc(-c4ccccc4)c23)c([2H])c([2H])c1-c1c2ccccc2c(-c2ccccc2)c2ccccc12. The lowest BCUT2D eigenvalue weighted by Gasteiger charge is -2.18. The maximum absolute atomic E-state index is 9.47. The third kappa shape index (κ3) is 4.09. The van der Waals surface area contributed by atoms with E-state index in [4.69, 9.17) is 4.42 Å². The van der Waals surface area contributed by atoms with Crippen LogP contribution >= 0.6 is 0 Å². The second-order valence-corrected chi connectivity index (χ2v) is 11.3. The highest BCUT2D eigenvalue weighted by Crippen LogP contribution is 2.45. The summed E-state index contributed by atoms with van der Waals surface area (Å²) in [5.74, 6) is 0. The number of rotatable bonds is 4. The van der Waals surface area contributed by atoms with Crippen molar-refractivity contribution in [2.45, 2.75) is 0 Å². The largest absolute Gasteiger partial charge is 0.455 e. The van der Waals surface area contributed by atoms with Crippen LogP contribution in [0.3, 0.4) is 0 Å². The summed E-state index contributed by atoms with van der Waals surface area (Å²) in [6, 6.07) is 47.8. The Kier molecular flexibility index (Phi) is 5.00. The van der Waals surface area contributed by atoms with Crippen molar-refractivity contribution in [1.29, 1.82) is 0 Å². The molecule has 8 aromatic carbocycles. The lowest BCUT2D eigenvalue weighted by molar-refractivity contribution is 0.670. The Morgan fingerprint density at radius 3 is 1.44 bits per heavy atom. The second-order valence-electron chi connectivity index (χ2n) is 11.3. The summed E-state index contributed by atoms with van der Waals surface area (Å²) in [6.07, 6.45) is 0. The first-order chi connectivity index (χ1) is 24.0. The maximum atomic E-state index is 9.47. The monoisotopic (exact) mass is 576 g/mol. The van der Waals surface area contributed by atoms with Crippen LogP contribution in [0.5, 0.6) is 0 Å². The van der Waals surface area contributed by atoms with E-state index in [2.05, 4.69) is 42.5 Å². The van der Waals surface area contributed by atoms with Crippen molar-refractivity contribution in [2.75, 3.05) is 0 Å². The van der Waals surface area contributed by atoms with E-state index >= 15 is 0 Å². The molecule has 0 saturated carbocycles. The molecule has 0 fully saturated rings. The van der Waals surface area contributed by atoms with E-state index in [9.17, 15) is 5.48 Å². The molecule has 0 aliphatic carbocycles. The molecule has 0 bridgehead atoms. The molecule has 0 atom stereocenters. The molecular weight excluding hydrogens is 544 g/mol. The molecule has 210 valence electrons. The highest BCUT2D eigenvalue weighted by molar-refractivity contribution is 6.21. The normalized spacial score (nSPS) is 12.8. The molecule has 9 rings (SSSR count). The molecule has 0 aliphatic heterocycles. The van der Waals surface area contributed by atoms with E-state index in [1.165, 1.54) is 0 Å². The molecular formula is C44H28O. The minimum absolute atomic E-state index is 0.0862. The molecule has 0 unspecified atom stereocenters. The molecule has 0 radical (unpaired) electrons. The molecule has 0 aliphatic rings. The van der Waals surface area contributed by atoms with Crippen molar-refractivity contribution >= 4 is 43.5 Å². The lowest BCUT2D eigenvalue weighted by atomic mass is 9.85. The Labute approximate surface area is 267 Å². The zero-order valence-electron chi connectivity index (χ0n) is 28.3. The average Bonchev–Trinajstić information content (AvgIpc) is 3.54. The van der Waals surface area contributed by atoms with Crippen LogP contribution in [0.2, 0.25) is 0 Å². The van der Waals surface area contributed by atoms with Crippen molar-refractivity contribution in [3.63, 3.8) is 0 Å². The third-order valence-corrected chi connectivity index (χ3v) is 8.75. The molecule has 1 nitrogen and oxygen atoms in total. The van der Waals surface area contributed by atoms with Gasteiger partial charge in [-0.1, -0.05) is 164 Å². The van der Waals surface area contributed by atoms with Crippen LogP contribution < -0.4 is 0 Å². The first-order valence-electron chi connectivity index (χ1n) is 17.1. The van der Waals surface area contributed by atoms with Crippen LogP contribution in [0, 0.1) is 0 Å². The predicted molar refractivity (Wildman–Crippen MR) is 190 cm³/mol. The van der Waals surface area contributed by atoms with Gasteiger partial charge in [-0.15, -0.1) is 0 Å². The van der Waals surface area contributed by atoms with E-state index in [-0.39, 0.29) is 35.3 Å². The summed E-state index contributed by atoms with van der Waals surface area (Å²) in [7, 11) is 0. The summed E-state index contributed by atoms with van der Waals surface area (Å²) >= 11 is 0. The van der Waals surface area contributed by atoms with Gasteiger partial charge in [0.15, 0.2) is 0 Å². The van der Waals surface area contributed by atoms with E-state index in [1.54, 1.807) is 0 Å². The fourth-order valence-corrected chi connectivity index (χ4v) is 6.79. The minimum Gasteiger partial charge on any atom is -0.455 e. The molecule has 0 spiro atoms. The van der Waals surface area contributed by atoms with Crippen molar-refractivity contribution in [1.82, 2.24) is 0 Å². The number of para-hydroxylation sites is 1. The molecule has 45 heavy (non-hydrogen) atoms. The van der Waals surface area contributed by atoms with E-state index in [0.29, 0.717) is 22.3 Å². The Morgan fingerprint density at radius 2 is 0.822 bits per heavy atom. The van der Waals surface area contributed by atoms with Gasteiger partial charge in [0.25, 0.3) is 0 Å². The summed E-state index contributed by atoms with van der Waals surface area (Å²) in [6.45, 7) is 0. The second kappa shape index (κ2) is 10.4. The van der Waals surface area contributed by atoms with Crippen molar-refractivity contribution in [3.05, 3.63) is 170 Å². The van der Waals surface area contributed by atoms with Gasteiger partial charge >= 0.3 is 0 Å². The number of hydrogen-bond acceptors (Lipinski definition) is 1. The Morgan fingerprint density at radius 1 is 0.356 bits per heavy atom. The number of hydrogen-bond donors (Lipinski definition) is 0. The van der Waals surface area contributed by atoms with Crippen LogP contribution in [-0.4, -0.2) is 0 Å². The van der Waals surface area contributed by atoms with Gasteiger partial charge in [0.1, 0.15) is 11.2 Å². The summed E-state index contributed by atoms with van der Waals surface area (Å²) < 4.78 is 44.2. The van der Waals surface area contributed by atoms with Gasteiger partial charge in [-0.05, 0) is 66.6 Å². The fraction of sp³-hybridized carbons (Fsp3) is 0. The standard InChI is InChI=1S/C44H28O/c1-3-13-29(14-4-1)33-21-12-24-40-43(33)39-23-11-22-34(44(39)45-40)30-25-27-32(28-26-30)42-37-19-9-7-17-35(37)41(31-15-5-2-6-16-31)36-18-8-10-20-38(36)42/h1-28H/i25D,26D,27D,28D. The van der Waals surface area contributed by atoms with Crippen LogP contribution in [0.1, 0.15) is 5.48 Å². The summed E-state index contributed by atoms with van der Waals surface area (Å²) in [5.41, 5.74) is 7.22. The van der Waals surface area contributed by atoms with Gasteiger partial charge in [-0.3, -0.25) is 0 Å². The van der Waals surface area contributed by atoms with Gasteiger partial charge in [0.2, 0.25) is 0 Å². The molecule has 0 N–H and O–H groups in total. The highest BCUT2D eigenvalue weighted by Gasteiger charge is 2.18. The zero-order chi connectivity index (χ0) is 33.2. The number of benzene rings is 8. The van der Waals surface area contributed by atoms with Crippen molar-refractivity contribution < 1.29 is 9.90 Å². The Balaban J connectivity index is 1.33. The minimum atomic E-state index is -0.104. The molecule has 9 aromatic rings. The zero-order valence-corrected chi connectivity index (χ0v) is 24.3. The van der Waals surface area contributed by atoms with Gasteiger partial charge < -0.3 is 4.42 Å². The van der Waals surface area contributed by atoms with Gasteiger partial charge in [0, 0.05) is 16.3 Å². The average molecular weight is 577 g/mol. The Bertz CT molecular complexity index is 2660. The van der Waals surface area contributed by atoms with Gasteiger partial charge in [0.05, 0.1) is 5.48 Å². The van der Waals surface area contributed by atoms with Crippen LogP contribution in [0.25, 0.3) is 88.0 Å². The van der Waals surface area contributed by atoms with E-state index in [1.807, 2.05) is 103 Å². The van der Waals surface area contributed by atoms with Gasteiger partial charge in [-0.25, -0.2) is 0 Å². The highest BCUT2D eigenvalue weighted by atomic mass is 16.3. The van der Waals surface area contributed by atoms with E-state index < -0.39 is 0 Å². The number of fused-ring (bicyclic) bond motifs is 5.